The van der Waals surface area contributed by atoms with Gasteiger partial charge in [-0.2, -0.15) is 5.10 Å². The van der Waals surface area contributed by atoms with E-state index in [1.807, 2.05) is 6.20 Å². The van der Waals surface area contributed by atoms with Crippen LogP contribution in [0.25, 0.3) is 33.6 Å². The third-order valence-corrected chi connectivity index (χ3v) is 3.70. The van der Waals surface area contributed by atoms with Crippen LogP contribution in [0, 0.1) is 17.5 Å². The highest BCUT2D eigenvalue weighted by Crippen LogP contribution is 2.34. The first-order valence-electron chi connectivity index (χ1n) is 7.05. The number of fused-ring (bicyclic) bond motifs is 1. The molecule has 3 aromatic heterocycles. The Labute approximate surface area is 134 Å². The topological polar surface area (TPSA) is 43.9 Å². The molecule has 0 N–H and O–H groups in total. The average molecular weight is 329 g/mol. The predicted octanol–water partition coefficient (Wildman–Crippen LogP) is 4.31. The summed E-state index contributed by atoms with van der Waals surface area (Å²) in [5, 5.41) is 4.11. The molecule has 0 aliphatic carbocycles. The number of halogens is 3. The van der Waals surface area contributed by atoms with Gasteiger partial charge in [0.15, 0.2) is 23.0 Å². The third-order valence-electron chi connectivity index (χ3n) is 3.70. The number of aromatic nitrogens is 3. The SMILES string of the molecule is Cn1cc(-c2ccnc3cc(-c4cc(F)c(F)c(F)c4)oc23)cn1. The lowest BCUT2D eigenvalue weighted by Crippen LogP contribution is -1.90. The van der Waals surface area contributed by atoms with Crippen molar-refractivity contribution in [3.63, 3.8) is 0 Å². The van der Waals surface area contributed by atoms with Crippen molar-refractivity contribution in [1.29, 1.82) is 0 Å². The molecule has 0 atom stereocenters. The Bertz CT molecular complexity index is 1050. The Hall–Kier alpha value is -3.09. The smallest absolute Gasteiger partial charge is 0.194 e. The molecule has 4 aromatic rings. The van der Waals surface area contributed by atoms with E-state index in [1.54, 1.807) is 36.3 Å². The maximum atomic E-state index is 13.4. The molecule has 0 aliphatic rings. The second-order valence-corrected chi connectivity index (χ2v) is 5.34. The van der Waals surface area contributed by atoms with Gasteiger partial charge < -0.3 is 4.42 Å². The summed E-state index contributed by atoms with van der Waals surface area (Å²) >= 11 is 0. The molecular formula is C17H10F3N3O. The highest BCUT2D eigenvalue weighted by atomic mass is 19.2. The number of hydrogen-bond acceptors (Lipinski definition) is 3. The lowest BCUT2D eigenvalue weighted by atomic mass is 10.1. The molecule has 4 rings (SSSR count). The molecule has 0 radical (unpaired) electrons. The van der Waals surface area contributed by atoms with Gasteiger partial charge in [0.2, 0.25) is 0 Å². The summed E-state index contributed by atoms with van der Waals surface area (Å²) in [6.07, 6.45) is 5.10. The van der Waals surface area contributed by atoms with E-state index >= 15 is 0 Å². The molecule has 0 bridgehead atoms. The standard InChI is InChI=1S/C17H10F3N3O/c1-23-8-10(7-22-23)11-2-3-21-14-6-15(24-17(11)14)9-4-12(18)16(20)13(19)5-9/h2-8H,1H3. The van der Waals surface area contributed by atoms with Gasteiger partial charge in [-0.3, -0.25) is 9.67 Å². The zero-order chi connectivity index (χ0) is 16.8. The van der Waals surface area contributed by atoms with Crippen molar-refractivity contribution in [3.8, 4) is 22.5 Å². The molecule has 0 spiro atoms. The number of aryl methyl sites for hydroxylation is 1. The van der Waals surface area contributed by atoms with Gasteiger partial charge in [-0.05, 0) is 18.2 Å². The van der Waals surface area contributed by atoms with Crippen molar-refractivity contribution in [2.24, 2.45) is 7.05 Å². The average Bonchev–Trinajstić information content (AvgIpc) is 3.17. The zero-order valence-electron chi connectivity index (χ0n) is 12.4. The van der Waals surface area contributed by atoms with E-state index in [4.69, 9.17) is 4.42 Å². The third kappa shape index (κ3) is 2.25. The molecular weight excluding hydrogens is 319 g/mol. The summed E-state index contributed by atoms with van der Waals surface area (Å²) in [5.41, 5.74) is 2.66. The van der Waals surface area contributed by atoms with Gasteiger partial charge in [-0.15, -0.1) is 0 Å². The highest BCUT2D eigenvalue weighted by molar-refractivity contribution is 5.92. The van der Waals surface area contributed by atoms with Crippen LogP contribution in [0.2, 0.25) is 0 Å². The van der Waals surface area contributed by atoms with Gasteiger partial charge in [-0.25, -0.2) is 13.2 Å². The maximum Gasteiger partial charge on any atom is 0.194 e. The molecule has 0 fully saturated rings. The minimum absolute atomic E-state index is 0.0986. The largest absolute Gasteiger partial charge is 0.454 e. The molecule has 0 aliphatic heterocycles. The molecule has 7 heteroatoms. The van der Waals surface area contributed by atoms with E-state index < -0.39 is 17.5 Å². The summed E-state index contributed by atoms with van der Waals surface area (Å²) in [6, 6.07) is 5.10. The molecule has 3 heterocycles. The summed E-state index contributed by atoms with van der Waals surface area (Å²) in [5.74, 6) is -3.85. The molecule has 0 saturated heterocycles. The van der Waals surface area contributed by atoms with Crippen LogP contribution in [0.5, 0.6) is 0 Å². The molecule has 0 saturated carbocycles. The maximum absolute atomic E-state index is 13.4. The summed E-state index contributed by atoms with van der Waals surface area (Å²) in [6.45, 7) is 0. The number of nitrogens with zero attached hydrogens (tertiary/aromatic N) is 3. The van der Waals surface area contributed by atoms with Crippen LogP contribution in [0.4, 0.5) is 13.2 Å². The van der Waals surface area contributed by atoms with Crippen LogP contribution < -0.4 is 0 Å². The minimum Gasteiger partial charge on any atom is -0.454 e. The lowest BCUT2D eigenvalue weighted by Gasteiger charge is -2.00. The molecule has 120 valence electrons. The van der Waals surface area contributed by atoms with Crippen molar-refractivity contribution in [3.05, 3.63) is 60.3 Å². The molecule has 0 unspecified atom stereocenters. The number of furan rings is 1. The second-order valence-electron chi connectivity index (χ2n) is 5.34. The Kier molecular flexibility index (Phi) is 3.16. The molecule has 0 amide bonds. The van der Waals surface area contributed by atoms with Gasteiger partial charge in [-0.1, -0.05) is 0 Å². The fourth-order valence-electron chi connectivity index (χ4n) is 2.57. The van der Waals surface area contributed by atoms with Gasteiger partial charge >= 0.3 is 0 Å². The van der Waals surface area contributed by atoms with E-state index in [0.717, 1.165) is 23.3 Å². The molecule has 24 heavy (non-hydrogen) atoms. The molecule has 4 nitrogen and oxygen atoms in total. The number of rotatable bonds is 2. The van der Waals surface area contributed by atoms with Gasteiger partial charge in [0, 0.05) is 42.2 Å². The van der Waals surface area contributed by atoms with Crippen molar-refractivity contribution in [1.82, 2.24) is 14.8 Å². The normalized spacial score (nSPS) is 11.3. The van der Waals surface area contributed by atoms with Gasteiger partial charge in [0.25, 0.3) is 0 Å². The van der Waals surface area contributed by atoms with E-state index in [2.05, 4.69) is 10.1 Å². The Morgan fingerprint density at radius 2 is 1.79 bits per heavy atom. The fraction of sp³-hybridized carbons (Fsp3) is 0.0588. The Morgan fingerprint density at radius 3 is 2.46 bits per heavy atom. The number of hydrogen-bond donors (Lipinski definition) is 0. The summed E-state index contributed by atoms with van der Waals surface area (Å²) in [4.78, 5) is 4.20. The Morgan fingerprint density at radius 1 is 1.04 bits per heavy atom. The van der Waals surface area contributed by atoms with Crippen LogP contribution in [-0.2, 0) is 7.05 Å². The molecule has 1 aromatic carbocycles. The second kappa shape index (κ2) is 5.23. The zero-order valence-corrected chi connectivity index (χ0v) is 12.4. The van der Waals surface area contributed by atoms with Crippen LogP contribution in [0.1, 0.15) is 0 Å². The minimum atomic E-state index is -1.51. The van der Waals surface area contributed by atoms with E-state index in [-0.39, 0.29) is 11.3 Å². The van der Waals surface area contributed by atoms with Crippen LogP contribution in [0.3, 0.4) is 0 Å². The Balaban J connectivity index is 1.90. The summed E-state index contributed by atoms with van der Waals surface area (Å²) in [7, 11) is 1.79. The van der Waals surface area contributed by atoms with Crippen molar-refractivity contribution in [2.45, 2.75) is 0 Å². The van der Waals surface area contributed by atoms with Gasteiger partial charge in [0.1, 0.15) is 11.3 Å². The monoisotopic (exact) mass is 329 g/mol. The fourth-order valence-corrected chi connectivity index (χ4v) is 2.57. The summed E-state index contributed by atoms with van der Waals surface area (Å²) < 4.78 is 47.4. The van der Waals surface area contributed by atoms with E-state index in [9.17, 15) is 13.2 Å². The highest BCUT2D eigenvalue weighted by Gasteiger charge is 2.17. The number of pyridine rings is 1. The van der Waals surface area contributed by atoms with Crippen molar-refractivity contribution in [2.75, 3.05) is 0 Å². The van der Waals surface area contributed by atoms with Crippen LogP contribution >= 0.6 is 0 Å². The van der Waals surface area contributed by atoms with Crippen LogP contribution in [-0.4, -0.2) is 14.8 Å². The van der Waals surface area contributed by atoms with Crippen molar-refractivity contribution >= 4 is 11.1 Å². The quantitative estimate of drug-likeness (QED) is 0.515. The van der Waals surface area contributed by atoms with E-state index in [1.165, 1.54) is 0 Å². The first-order chi connectivity index (χ1) is 11.5. The first kappa shape index (κ1) is 14.5. The van der Waals surface area contributed by atoms with Crippen LogP contribution in [0.15, 0.2) is 47.3 Å². The number of benzene rings is 1. The first-order valence-corrected chi connectivity index (χ1v) is 7.05. The van der Waals surface area contributed by atoms with E-state index in [0.29, 0.717) is 11.1 Å². The van der Waals surface area contributed by atoms with Crippen molar-refractivity contribution < 1.29 is 17.6 Å². The lowest BCUT2D eigenvalue weighted by molar-refractivity contribution is 0.447. The predicted molar refractivity (Wildman–Crippen MR) is 81.5 cm³/mol. The van der Waals surface area contributed by atoms with Gasteiger partial charge in [0.05, 0.1) is 6.20 Å².